The van der Waals surface area contributed by atoms with Crippen molar-refractivity contribution in [2.24, 2.45) is 0 Å². The van der Waals surface area contributed by atoms with Gasteiger partial charge in [-0.25, -0.2) is 0 Å². The first-order chi connectivity index (χ1) is 14.8. The Hall–Kier alpha value is -3.82. The van der Waals surface area contributed by atoms with E-state index in [0.717, 1.165) is 22.0 Å². The van der Waals surface area contributed by atoms with Crippen molar-refractivity contribution >= 4 is 28.5 Å². The molecule has 0 saturated carbocycles. The number of benzene rings is 2. The first-order valence-electron chi connectivity index (χ1n) is 9.43. The lowest BCUT2D eigenvalue weighted by atomic mass is 10.1. The summed E-state index contributed by atoms with van der Waals surface area (Å²) >= 11 is 0. The molecule has 0 spiro atoms. The minimum absolute atomic E-state index is 0.0597. The van der Waals surface area contributed by atoms with Crippen LogP contribution in [0.4, 0.5) is 30.8 Å². The standard InChI is InChI=1S/C21H19F3N6O/c1-13-2-4-14(5-3-13)11-26-18-28-19(30-20(29-18)31-12-21(22,23)24)27-16-7-6-15-8-9-25-17(15)10-16/h2-10,25H,11-12H2,1H3,(H2,26,27,28,29,30). The lowest BCUT2D eigenvalue weighted by molar-refractivity contribution is -0.154. The van der Waals surface area contributed by atoms with E-state index in [2.05, 4.69) is 30.6 Å². The van der Waals surface area contributed by atoms with Gasteiger partial charge in [-0.2, -0.15) is 28.1 Å². The number of anilines is 3. The van der Waals surface area contributed by atoms with Crippen molar-refractivity contribution in [1.29, 1.82) is 0 Å². The molecule has 3 N–H and O–H groups in total. The van der Waals surface area contributed by atoms with Gasteiger partial charge >= 0.3 is 12.2 Å². The van der Waals surface area contributed by atoms with E-state index in [0.29, 0.717) is 12.2 Å². The number of aromatic amines is 1. The van der Waals surface area contributed by atoms with E-state index < -0.39 is 18.8 Å². The molecule has 10 heteroatoms. The smallest absolute Gasteiger partial charge is 0.422 e. The maximum atomic E-state index is 12.6. The minimum Gasteiger partial charge on any atom is -0.454 e. The summed E-state index contributed by atoms with van der Waals surface area (Å²) in [6, 6.07) is 14.9. The molecular formula is C21H19F3N6O. The Morgan fingerprint density at radius 2 is 1.74 bits per heavy atom. The largest absolute Gasteiger partial charge is 0.454 e. The molecule has 2 aromatic heterocycles. The van der Waals surface area contributed by atoms with Gasteiger partial charge in [-0.3, -0.25) is 0 Å². The molecule has 0 radical (unpaired) electrons. The number of nitrogens with one attached hydrogen (secondary N) is 3. The minimum atomic E-state index is -4.51. The highest BCUT2D eigenvalue weighted by molar-refractivity contribution is 5.83. The number of nitrogens with zero attached hydrogens (tertiary/aromatic N) is 3. The third kappa shape index (κ3) is 5.62. The Bertz CT molecular complexity index is 1170. The van der Waals surface area contributed by atoms with Gasteiger partial charge in [-0.15, -0.1) is 0 Å². The van der Waals surface area contributed by atoms with Gasteiger partial charge in [0, 0.05) is 23.9 Å². The molecule has 0 fully saturated rings. The second-order valence-corrected chi connectivity index (χ2v) is 6.91. The molecule has 0 bridgehead atoms. The van der Waals surface area contributed by atoms with Gasteiger partial charge in [0.2, 0.25) is 11.9 Å². The third-order valence-electron chi connectivity index (χ3n) is 4.36. The zero-order valence-corrected chi connectivity index (χ0v) is 16.5. The second-order valence-electron chi connectivity index (χ2n) is 6.91. The molecule has 0 atom stereocenters. The van der Waals surface area contributed by atoms with Gasteiger partial charge in [0.25, 0.3) is 0 Å². The van der Waals surface area contributed by atoms with E-state index in [-0.39, 0.29) is 11.9 Å². The topological polar surface area (TPSA) is 87.8 Å². The van der Waals surface area contributed by atoms with Gasteiger partial charge < -0.3 is 20.4 Å². The molecule has 0 unspecified atom stereocenters. The average molecular weight is 428 g/mol. The second kappa shape index (κ2) is 8.50. The molecule has 0 aliphatic heterocycles. The molecule has 0 aliphatic rings. The zero-order valence-electron chi connectivity index (χ0n) is 16.5. The van der Waals surface area contributed by atoms with Crippen molar-refractivity contribution in [3.8, 4) is 6.01 Å². The molecule has 4 rings (SSSR count). The van der Waals surface area contributed by atoms with Crippen molar-refractivity contribution in [2.75, 3.05) is 17.2 Å². The summed E-state index contributed by atoms with van der Waals surface area (Å²) in [6.45, 7) is 0.870. The van der Waals surface area contributed by atoms with Crippen LogP contribution < -0.4 is 15.4 Å². The highest BCUT2D eigenvalue weighted by Crippen LogP contribution is 2.22. The quantitative estimate of drug-likeness (QED) is 0.386. The fourth-order valence-corrected chi connectivity index (χ4v) is 2.84. The van der Waals surface area contributed by atoms with Gasteiger partial charge in [-0.1, -0.05) is 35.9 Å². The van der Waals surface area contributed by atoms with Crippen LogP contribution in [0.1, 0.15) is 11.1 Å². The first-order valence-corrected chi connectivity index (χ1v) is 9.43. The van der Waals surface area contributed by atoms with Crippen LogP contribution in [0.2, 0.25) is 0 Å². The summed E-state index contributed by atoms with van der Waals surface area (Å²) in [5.41, 5.74) is 3.64. The molecule has 0 saturated heterocycles. The summed E-state index contributed by atoms with van der Waals surface area (Å²) in [5.74, 6) is 0.153. The molecule has 0 amide bonds. The van der Waals surface area contributed by atoms with E-state index in [1.54, 1.807) is 0 Å². The number of aryl methyl sites for hydroxylation is 1. The molecule has 7 nitrogen and oxygen atoms in total. The Morgan fingerprint density at radius 1 is 0.968 bits per heavy atom. The highest BCUT2D eigenvalue weighted by atomic mass is 19.4. The number of fused-ring (bicyclic) bond motifs is 1. The molecule has 4 aromatic rings. The van der Waals surface area contributed by atoms with Crippen LogP contribution in [0.3, 0.4) is 0 Å². The lowest BCUT2D eigenvalue weighted by Gasteiger charge is -2.12. The zero-order chi connectivity index (χ0) is 21.8. The Morgan fingerprint density at radius 3 is 2.52 bits per heavy atom. The first kappa shape index (κ1) is 20.5. The number of hydrogen-bond donors (Lipinski definition) is 3. The highest BCUT2D eigenvalue weighted by Gasteiger charge is 2.29. The van der Waals surface area contributed by atoms with Gasteiger partial charge in [-0.05, 0) is 36.1 Å². The van der Waals surface area contributed by atoms with E-state index in [9.17, 15) is 13.2 Å². The summed E-state index contributed by atoms with van der Waals surface area (Å²) < 4.78 is 42.5. The van der Waals surface area contributed by atoms with Gasteiger partial charge in [0.1, 0.15) is 0 Å². The van der Waals surface area contributed by atoms with Crippen molar-refractivity contribution < 1.29 is 17.9 Å². The predicted molar refractivity (Wildman–Crippen MR) is 111 cm³/mol. The van der Waals surface area contributed by atoms with Crippen LogP contribution in [0.25, 0.3) is 10.9 Å². The van der Waals surface area contributed by atoms with Crippen molar-refractivity contribution in [2.45, 2.75) is 19.6 Å². The molecule has 0 aliphatic carbocycles. The van der Waals surface area contributed by atoms with Crippen molar-refractivity contribution in [3.05, 3.63) is 65.9 Å². The fourth-order valence-electron chi connectivity index (χ4n) is 2.84. The summed E-state index contributed by atoms with van der Waals surface area (Å²) in [5, 5.41) is 7.01. The number of aromatic nitrogens is 4. The third-order valence-corrected chi connectivity index (χ3v) is 4.36. The average Bonchev–Trinajstić information content (AvgIpc) is 3.19. The maximum Gasteiger partial charge on any atom is 0.422 e. The Balaban J connectivity index is 1.56. The van der Waals surface area contributed by atoms with E-state index in [4.69, 9.17) is 4.74 Å². The number of halogens is 3. The Kier molecular flexibility index (Phi) is 5.61. The van der Waals surface area contributed by atoms with E-state index in [1.165, 1.54) is 0 Å². The summed E-state index contributed by atoms with van der Waals surface area (Å²) in [7, 11) is 0. The molecule has 2 heterocycles. The van der Waals surface area contributed by atoms with Crippen LogP contribution in [0.15, 0.2) is 54.7 Å². The maximum absolute atomic E-state index is 12.6. The molecular weight excluding hydrogens is 409 g/mol. The SMILES string of the molecule is Cc1ccc(CNc2nc(Nc3ccc4cc[nH]c4c3)nc(OCC(F)(F)F)n2)cc1. The Labute approximate surface area is 175 Å². The fraction of sp³-hybridized carbons (Fsp3) is 0.190. The van der Waals surface area contributed by atoms with Crippen LogP contribution in [-0.4, -0.2) is 32.7 Å². The van der Waals surface area contributed by atoms with Crippen LogP contribution >= 0.6 is 0 Å². The predicted octanol–water partition coefficient (Wildman–Crippen LogP) is 4.96. The number of hydrogen-bond acceptors (Lipinski definition) is 6. The lowest BCUT2D eigenvalue weighted by Crippen LogP contribution is -2.21. The van der Waals surface area contributed by atoms with E-state index >= 15 is 0 Å². The monoisotopic (exact) mass is 428 g/mol. The number of ether oxygens (including phenoxy) is 1. The summed E-state index contributed by atoms with van der Waals surface area (Å²) in [6.07, 6.45) is -2.69. The van der Waals surface area contributed by atoms with Crippen LogP contribution in [0, 0.1) is 6.92 Å². The number of alkyl halides is 3. The van der Waals surface area contributed by atoms with Crippen LogP contribution in [-0.2, 0) is 6.54 Å². The van der Waals surface area contributed by atoms with E-state index in [1.807, 2.05) is 61.7 Å². The molecule has 2 aromatic carbocycles. The van der Waals surface area contributed by atoms with Crippen LogP contribution in [0.5, 0.6) is 6.01 Å². The normalized spacial score (nSPS) is 11.5. The van der Waals surface area contributed by atoms with Crippen molar-refractivity contribution in [1.82, 2.24) is 19.9 Å². The van der Waals surface area contributed by atoms with Gasteiger partial charge in [0.05, 0.1) is 0 Å². The molecule has 160 valence electrons. The number of H-pyrrole nitrogens is 1. The summed E-state index contributed by atoms with van der Waals surface area (Å²) in [4.78, 5) is 15.3. The molecule has 31 heavy (non-hydrogen) atoms. The van der Waals surface area contributed by atoms with Gasteiger partial charge in [0.15, 0.2) is 6.61 Å². The van der Waals surface area contributed by atoms with Crippen molar-refractivity contribution in [3.63, 3.8) is 0 Å². The number of rotatable bonds is 7.